The van der Waals surface area contributed by atoms with E-state index in [4.69, 9.17) is 9.72 Å². The van der Waals surface area contributed by atoms with Crippen LogP contribution in [-0.2, 0) is 11.8 Å². The smallest absolute Gasteiger partial charge is 0.128 e. The molecule has 186 valence electrons. The van der Waals surface area contributed by atoms with Crippen molar-refractivity contribution >= 4 is 17.5 Å². The second kappa shape index (κ2) is 9.45. The summed E-state index contributed by atoms with van der Waals surface area (Å²) in [6, 6.07) is 6.50. The fourth-order valence-corrected chi connectivity index (χ4v) is 5.22. The first-order valence-corrected chi connectivity index (χ1v) is 12.2. The van der Waals surface area contributed by atoms with Crippen molar-refractivity contribution in [3.63, 3.8) is 0 Å². The minimum Gasteiger partial charge on any atom is -0.389 e. The summed E-state index contributed by atoms with van der Waals surface area (Å²) in [5.41, 5.74) is 6.08. The zero-order valence-corrected chi connectivity index (χ0v) is 20.5. The Hall–Kier alpha value is -3.60. The Labute approximate surface area is 209 Å². The number of nitrogens with zero attached hydrogens (tertiary/aromatic N) is 8. The van der Waals surface area contributed by atoms with Crippen LogP contribution < -0.4 is 4.90 Å². The van der Waals surface area contributed by atoms with E-state index in [1.54, 1.807) is 11.7 Å². The lowest BCUT2D eigenvalue weighted by atomic mass is 10.0. The summed E-state index contributed by atoms with van der Waals surface area (Å²) < 4.78 is 9.14. The van der Waals surface area contributed by atoms with Gasteiger partial charge in [0, 0.05) is 92.9 Å². The molecule has 0 amide bonds. The van der Waals surface area contributed by atoms with Crippen molar-refractivity contribution in [2.75, 3.05) is 51.3 Å². The minimum atomic E-state index is -0.389. The van der Waals surface area contributed by atoms with Gasteiger partial charge in [0.2, 0.25) is 0 Å². The van der Waals surface area contributed by atoms with Gasteiger partial charge in [-0.2, -0.15) is 10.2 Å². The molecule has 0 spiro atoms. The summed E-state index contributed by atoms with van der Waals surface area (Å²) in [4.78, 5) is 13.7. The molecule has 10 heteroatoms. The number of hydrogen-bond donors (Lipinski definition) is 1. The highest BCUT2D eigenvalue weighted by molar-refractivity contribution is 5.97. The molecule has 0 unspecified atom stereocenters. The van der Waals surface area contributed by atoms with Crippen molar-refractivity contribution in [3.05, 3.63) is 54.7 Å². The van der Waals surface area contributed by atoms with Crippen LogP contribution in [-0.4, -0.2) is 99.2 Å². The molecule has 2 aliphatic rings. The molecule has 4 aromatic rings. The van der Waals surface area contributed by atoms with Gasteiger partial charge in [-0.25, -0.2) is 9.50 Å². The molecule has 2 saturated heterocycles. The third-order valence-corrected chi connectivity index (χ3v) is 7.13. The zero-order valence-electron chi connectivity index (χ0n) is 20.5. The average Bonchev–Trinajstić information content (AvgIpc) is 3.64. The van der Waals surface area contributed by atoms with Crippen LogP contribution in [0.3, 0.4) is 0 Å². The number of rotatable bonds is 5. The van der Waals surface area contributed by atoms with Crippen LogP contribution in [0.5, 0.6) is 0 Å². The first-order chi connectivity index (χ1) is 17.6. The predicted molar refractivity (Wildman–Crippen MR) is 139 cm³/mol. The molecule has 2 atom stereocenters. The Kier molecular flexibility index (Phi) is 6.00. The number of fused-ring (bicyclic) bond motifs is 1. The lowest BCUT2D eigenvalue weighted by Crippen LogP contribution is -2.53. The molecule has 2 fully saturated rings. The van der Waals surface area contributed by atoms with Crippen LogP contribution in [0, 0.1) is 0 Å². The lowest BCUT2D eigenvalue weighted by Gasteiger charge is -2.38. The summed E-state index contributed by atoms with van der Waals surface area (Å²) >= 11 is 0. The lowest BCUT2D eigenvalue weighted by molar-refractivity contribution is 0.0784. The third-order valence-electron chi connectivity index (χ3n) is 7.13. The zero-order chi connectivity index (χ0) is 24.6. The maximum Gasteiger partial charge on any atom is 0.128 e. The largest absolute Gasteiger partial charge is 0.389 e. The number of hydrogen-bond acceptors (Lipinski definition) is 8. The van der Waals surface area contributed by atoms with Crippen molar-refractivity contribution in [1.29, 1.82) is 0 Å². The minimum absolute atomic E-state index is 0.105. The van der Waals surface area contributed by atoms with Crippen molar-refractivity contribution in [3.8, 4) is 22.3 Å². The van der Waals surface area contributed by atoms with Gasteiger partial charge >= 0.3 is 0 Å². The fourth-order valence-electron chi connectivity index (χ4n) is 5.22. The van der Waals surface area contributed by atoms with Gasteiger partial charge in [-0.05, 0) is 18.2 Å². The van der Waals surface area contributed by atoms with Crippen molar-refractivity contribution < 1.29 is 9.84 Å². The molecule has 36 heavy (non-hydrogen) atoms. The molecule has 6 rings (SSSR count). The second-order valence-electron chi connectivity index (χ2n) is 9.43. The van der Waals surface area contributed by atoms with Gasteiger partial charge in [-0.15, -0.1) is 0 Å². The molecular weight excluding hydrogens is 456 g/mol. The Morgan fingerprint density at radius 3 is 2.53 bits per heavy atom. The monoisotopic (exact) mass is 486 g/mol. The Morgan fingerprint density at radius 2 is 1.86 bits per heavy atom. The van der Waals surface area contributed by atoms with E-state index in [1.165, 1.54) is 0 Å². The van der Waals surface area contributed by atoms with Gasteiger partial charge in [0.1, 0.15) is 5.82 Å². The van der Waals surface area contributed by atoms with Crippen molar-refractivity contribution in [2.45, 2.75) is 12.1 Å². The van der Waals surface area contributed by atoms with Gasteiger partial charge in [-0.3, -0.25) is 14.6 Å². The van der Waals surface area contributed by atoms with E-state index in [9.17, 15) is 5.11 Å². The van der Waals surface area contributed by atoms with Crippen molar-refractivity contribution in [1.82, 2.24) is 29.3 Å². The van der Waals surface area contributed by atoms with Gasteiger partial charge in [0.25, 0.3) is 0 Å². The van der Waals surface area contributed by atoms with E-state index in [2.05, 4.69) is 43.2 Å². The van der Waals surface area contributed by atoms with Crippen LogP contribution in [0.25, 0.3) is 27.8 Å². The molecule has 4 aromatic heterocycles. The van der Waals surface area contributed by atoms with Crippen LogP contribution in [0.1, 0.15) is 5.56 Å². The van der Waals surface area contributed by atoms with Gasteiger partial charge in [0.05, 0.1) is 43.3 Å². The highest BCUT2D eigenvalue weighted by atomic mass is 16.5. The van der Waals surface area contributed by atoms with E-state index >= 15 is 0 Å². The molecule has 0 aromatic carbocycles. The molecule has 0 saturated carbocycles. The molecule has 6 heterocycles. The molecule has 2 aliphatic heterocycles. The summed E-state index contributed by atoms with van der Waals surface area (Å²) in [5.74, 6) is 0.963. The van der Waals surface area contributed by atoms with Gasteiger partial charge in [0.15, 0.2) is 0 Å². The third kappa shape index (κ3) is 4.17. The summed E-state index contributed by atoms with van der Waals surface area (Å²) in [6.45, 7) is 4.56. The number of aryl methyl sites for hydroxylation is 1. The van der Waals surface area contributed by atoms with Gasteiger partial charge < -0.3 is 14.7 Å². The van der Waals surface area contributed by atoms with Crippen LogP contribution >= 0.6 is 0 Å². The van der Waals surface area contributed by atoms with E-state index in [0.717, 1.165) is 65.3 Å². The molecule has 0 aliphatic carbocycles. The Balaban J connectivity index is 1.29. The quantitative estimate of drug-likeness (QED) is 0.429. The van der Waals surface area contributed by atoms with E-state index in [-0.39, 0.29) is 12.1 Å². The number of pyridine rings is 2. The Bertz CT molecular complexity index is 1380. The summed E-state index contributed by atoms with van der Waals surface area (Å²) in [5, 5.41) is 19.1. The van der Waals surface area contributed by atoms with Gasteiger partial charge in [-0.1, -0.05) is 0 Å². The maximum absolute atomic E-state index is 10.2. The highest BCUT2D eigenvalue weighted by Gasteiger charge is 2.33. The molecular formula is C26H30N8O2. The maximum atomic E-state index is 10.2. The standard InChI is InChI=1S/C26H30N8O2/c1-27-10-20-12-30-34-15-19(21-13-29-31(2)14-21)9-22(26(20)34)18-3-4-25(28-11-18)33-7-5-32(6-8-33)23-16-36-17-24(23)35/h3-4,9-15,23-24,35H,5-8,16-17H2,1-2H3/b27-10-/t23-,24-/m1/s1. The molecule has 0 radical (unpaired) electrons. The summed E-state index contributed by atoms with van der Waals surface area (Å²) in [7, 11) is 3.68. The first-order valence-electron chi connectivity index (χ1n) is 12.2. The number of piperazine rings is 1. The second-order valence-corrected chi connectivity index (χ2v) is 9.43. The molecule has 1 N–H and O–H groups in total. The normalized spacial score (nSPS) is 21.2. The highest BCUT2D eigenvalue weighted by Crippen LogP contribution is 2.32. The van der Waals surface area contributed by atoms with Crippen molar-refractivity contribution in [2.24, 2.45) is 12.0 Å². The van der Waals surface area contributed by atoms with E-state index in [1.807, 2.05) is 48.8 Å². The SMILES string of the molecule is C/N=C\c1cnn2cc(-c3cnn(C)c3)cc(-c3ccc(N4CCN([C@@H]5COC[C@H]5O)CC4)nc3)c12. The topological polar surface area (TPSA) is 96.3 Å². The number of anilines is 1. The number of ether oxygens (including phenoxy) is 1. The summed E-state index contributed by atoms with van der Waals surface area (Å²) in [6.07, 6.45) is 11.1. The van der Waals surface area contributed by atoms with Crippen LogP contribution in [0.4, 0.5) is 5.82 Å². The van der Waals surface area contributed by atoms with Crippen LogP contribution in [0.15, 0.2) is 54.2 Å². The number of aliphatic hydroxyl groups is 1. The van der Waals surface area contributed by atoms with E-state index < -0.39 is 0 Å². The Morgan fingerprint density at radius 1 is 1.00 bits per heavy atom. The first kappa shape index (κ1) is 22.8. The van der Waals surface area contributed by atoms with Crippen LogP contribution in [0.2, 0.25) is 0 Å². The predicted octanol–water partition coefficient (Wildman–Crippen LogP) is 1.73. The average molecular weight is 487 g/mol. The fraction of sp³-hybridized carbons (Fsp3) is 0.385. The number of aliphatic imine (C=N–C) groups is 1. The number of aromatic nitrogens is 5. The molecule has 10 nitrogen and oxygen atoms in total. The number of aliphatic hydroxyl groups excluding tert-OH is 1. The van der Waals surface area contributed by atoms with E-state index in [0.29, 0.717) is 13.2 Å². The molecule has 0 bridgehead atoms.